The lowest BCUT2D eigenvalue weighted by molar-refractivity contribution is -0.114. The SMILES string of the molecule is CCC(C)Oc1ccc(NC(=O)CNc2ccc(C(=O)N(C)c3ccccc3)cc2)cc1. The summed E-state index contributed by atoms with van der Waals surface area (Å²) in [5, 5.41) is 5.93. The van der Waals surface area contributed by atoms with Crippen molar-refractivity contribution in [3.63, 3.8) is 0 Å². The van der Waals surface area contributed by atoms with Crippen LogP contribution >= 0.6 is 0 Å². The van der Waals surface area contributed by atoms with Gasteiger partial charge in [0.05, 0.1) is 12.6 Å². The quantitative estimate of drug-likeness (QED) is 0.489. The van der Waals surface area contributed by atoms with E-state index in [4.69, 9.17) is 4.74 Å². The van der Waals surface area contributed by atoms with Crippen LogP contribution in [0.5, 0.6) is 5.75 Å². The van der Waals surface area contributed by atoms with E-state index in [0.29, 0.717) is 11.3 Å². The van der Waals surface area contributed by atoms with Crippen LogP contribution in [0.15, 0.2) is 78.9 Å². The maximum Gasteiger partial charge on any atom is 0.258 e. The third-order valence-electron chi connectivity index (χ3n) is 5.08. The Bertz CT molecular complexity index is 1020. The molecule has 0 aliphatic carbocycles. The number of amides is 2. The van der Waals surface area contributed by atoms with E-state index in [0.717, 1.165) is 23.5 Å². The van der Waals surface area contributed by atoms with Gasteiger partial charge in [-0.2, -0.15) is 0 Å². The fraction of sp³-hybridized carbons (Fsp3) is 0.231. The van der Waals surface area contributed by atoms with Crippen LogP contribution in [0.1, 0.15) is 30.6 Å². The smallest absolute Gasteiger partial charge is 0.258 e. The van der Waals surface area contributed by atoms with Crippen molar-refractivity contribution in [1.29, 1.82) is 0 Å². The summed E-state index contributed by atoms with van der Waals surface area (Å²) < 4.78 is 5.74. The van der Waals surface area contributed by atoms with E-state index in [9.17, 15) is 9.59 Å². The molecule has 166 valence electrons. The minimum atomic E-state index is -0.162. The molecule has 1 unspecified atom stereocenters. The summed E-state index contributed by atoms with van der Waals surface area (Å²) in [7, 11) is 1.75. The molecule has 0 aromatic heterocycles. The predicted molar refractivity (Wildman–Crippen MR) is 130 cm³/mol. The lowest BCUT2D eigenvalue weighted by atomic mass is 10.1. The molecule has 0 heterocycles. The van der Waals surface area contributed by atoms with Crippen molar-refractivity contribution in [3.8, 4) is 5.75 Å². The first-order chi connectivity index (χ1) is 15.5. The van der Waals surface area contributed by atoms with Crippen LogP contribution in [0.4, 0.5) is 17.1 Å². The highest BCUT2D eigenvalue weighted by Gasteiger charge is 2.13. The fourth-order valence-electron chi connectivity index (χ4n) is 3.01. The second-order valence-corrected chi connectivity index (χ2v) is 7.54. The van der Waals surface area contributed by atoms with Crippen LogP contribution in [0.25, 0.3) is 0 Å². The van der Waals surface area contributed by atoms with Gasteiger partial charge in [-0.15, -0.1) is 0 Å². The van der Waals surface area contributed by atoms with Crippen LogP contribution in [-0.2, 0) is 4.79 Å². The average molecular weight is 432 g/mol. The first-order valence-corrected chi connectivity index (χ1v) is 10.7. The molecule has 6 heteroatoms. The van der Waals surface area contributed by atoms with E-state index in [1.807, 2.05) is 61.5 Å². The van der Waals surface area contributed by atoms with Gasteiger partial charge >= 0.3 is 0 Å². The van der Waals surface area contributed by atoms with Crippen molar-refractivity contribution in [2.45, 2.75) is 26.4 Å². The molecule has 2 amide bonds. The van der Waals surface area contributed by atoms with Crippen molar-refractivity contribution in [2.24, 2.45) is 0 Å². The molecule has 1 atom stereocenters. The number of hydrogen-bond donors (Lipinski definition) is 2. The average Bonchev–Trinajstić information content (AvgIpc) is 2.84. The predicted octanol–water partition coefficient (Wildman–Crippen LogP) is 5.19. The van der Waals surface area contributed by atoms with Gasteiger partial charge in [-0.25, -0.2) is 0 Å². The van der Waals surface area contributed by atoms with E-state index in [2.05, 4.69) is 17.6 Å². The molecule has 0 fully saturated rings. The number of ether oxygens (including phenoxy) is 1. The molecule has 0 spiro atoms. The molecule has 0 saturated carbocycles. The molecular weight excluding hydrogens is 402 g/mol. The van der Waals surface area contributed by atoms with Gasteiger partial charge in [0.1, 0.15) is 5.75 Å². The Labute approximate surface area is 189 Å². The molecule has 0 aliphatic rings. The summed E-state index contributed by atoms with van der Waals surface area (Å²) in [5.41, 5.74) is 2.87. The maximum atomic E-state index is 12.7. The minimum absolute atomic E-state index is 0.0961. The summed E-state index contributed by atoms with van der Waals surface area (Å²) in [4.78, 5) is 26.5. The molecule has 3 aromatic rings. The molecule has 3 rings (SSSR count). The van der Waals surface area contributed by atoms with Gasteiger partial charge in [0.25, 0.3) is 5.91 Å². The van der Waals surface area contributed by atoms with Crippen LogP contribution in [0.2, 0.25) is 0 Å². The summed E-state index contributed by atoms with van der Waals surface area (Å²) in [6.07, 6.45) is 1.09. The van der Waals surface area contributed by atoms with Crippen molar-refractivity contribution >= 4 is 28.9 Å². The van der Waals surface area contributed by atoms with Gasteiger partial charge in [0.2, 0.25) is 5.91 Å². The van der Waals surface area contributed by atoms with E-state index in [1.54, 1.807) is 36.2 Å². The van der Waals surface area contributed by atoms with Crippen LogP contribution in [0.3, 0.4) is 0 Å². The number of nitrogens with zero attached hydrogens (tertiary/aromatic N) is 1. The topological polar surface area (TPSA) is 70.7 Å². The van der Waals surface area contributed by atoms with Crippen LogP contribution < -0.4 is 20.3 Å². The van der Waals surface area contributed by atoms with Gasteiger partial charge in [0.15, 0.2) is 0 Å². The normalized spacial score (nSPS) is 11.3. The Hall–Kier alpha value is -3.80. The van der Waals surface area contributed by atoms with E-state index in [-0.39, 0.29) is 24.5 Å². The molecule has 0 radical (unpaired) electrons. The second-order valence-electron chi connectivity index (χ2n) is 7.54. The molecule has 0 aliphatic heterocycles. The van der Waals surface area contributed by atoms with Gasteiger partial charge in [-0.05, 0) is 74.0 Å². The molecule has 0 saturated heterocycles. The standard InChI is InChI=1S/C26H29N3O3/c1-4-19(2)32-24-16-14-22(15-17-24)28-25(30)18-27-21-12-10-20(11-13-21)26(31)29(3)23-8-6-5-7-9-23/h5-17,19,27H,4,18H2,1-3H3,(H,28,30). The number of anilines is 3. The number of hydrogen-bond acceptors (Lipinski definition) is 4. The van der Waals surface area contributed by atoms with Gasteiger partial charge in [0, 0.05) is 29.7 Å². The van der Waals surface area contributed by atoms with Crippen molar-refractivity contribution in [3.05, 3.63) is 84.4 Å². The Morgan fingerprint density at radius 3 is 2.16 bits per heavy atom. The third kappa shape index (κ3) is 6.35. The minimum Gasteiger partial charge on any atom is -0.491 e. The van der Waals surface area contributed by atoms with E-state index in [1.165, 1.54) is 0 Å². The number of para-hydroxylation sites is 1. The largest absolute Gasteiger partial charge is 0.491 e. The molecule has 32 heavy (non-hydrogen) atoms. The third-order valence-corrected chi connectivity index (χ3v) is 5.08. The molecule has 0 bridgehead atoms. The monoisotopic (exact) mass is 431 g/mol. The van der Waals surface area contributed by atoms with Gasteiger partial charge < -0.3 is 20.3 Å². The summed E-state index contributed by atoms with van der Waals surface area (Å²) >= 11 is 0. The Morgan fingerprint density at radius 1 is 0.906 bits per heavy atom. The Balaban J connectivity index is 1.49. The zero-order valence-corrected chi connectivity index (χ0v) is 18.7. The van der Waals surface area contributed by atoms with E-state index < -0.39 is 0 Å². The first kappa shape index (κ1) is 22.9. The lowest BCUT2D eigenvalue weighted by Crippen LogP contribution is -2.26. The van der Waals surface area contributed by atoms with Gasteiger partial charge in [-0.1, -0.05) is 25.1 Å². The summed E-state index contributed by atoms with van der Waals surface area (Å²) in [6, 6.07) is 23.9. The molecule has 6 nitrogen and oxygen atoms in total. The summed E-state index contributed by atoms with van der Waals surface area (Å²) in [5.74, 6) is 0.522. The number of carbonyl (C=O) groups is 2. The lowest BCUT2D eigenvalue weighted by Gasteiger charge is -2.17. The molecule has 2 N–H and O–H groups in total. The number of rotatable bonds is 9. The second kappa shape index (κ2) is 11.0. The zero-order chi connectivity index (χ0) is 22.9. The first-order valence-electron chi connectivity index (χ1n) is 10.7. The molecule has 3 aromatic carbocycles. The van der Waals surface area contributed by atoms with Crippen LogP contribution in [-0.4, -0.2) is 31.5 Å². The Morgan fingerprint density at radius 2 is 1.53 bits per heavy atom. The highest BCUT2D eigenvalue weighted by atomic mass is 16.5. The van der Waals surface area contributed by atoms with Crippen molar-refractivity contribution < 1.29 is 14.3 Å². The fourth-order valence-corrected chi connectivity index (χ4v) is 3.01. The number of benzene rings is 3. The highest BCUT2D eigenvalue weighted by Crippen LogP contribution is 2.18. The van der Waals surface area contributed by atoms with E-state index >= 15 is 0 Å². The van der Waals surface area contributed by atoms with Gasteiger partial charge in [-0.3, -0.25) is 9.59 Å². The highest BCUT2D eigenvalue weighted by molar-refractivity contribution is 6.05. The summed E-state index contributed by atoms with van der Waals surface area (Å²) in [6.45, 7) is 4.20. The number of carbonyl (C=O) groups excluding carboxylic acids is 2. The Kier molecular flexibility index (Phi) is 7.86. The maximum absolute atomic E-state index is 12.7. The number of nitrogens with one attached hydrogen (secondary N) is 2. The van der Waals surface area contributed by atoms with Crippen molar-refractivity contribution in [1.82, 2.24) is 0 Å². The molecular formula is C26H29N3O3. The van der Waals surface area contributed by atoms with Crippen LogP contribution in [0, 0.1) is 0 Å². The van der Waals surface area contributed by atoms with Crippen molar-refractivity contribution in [2.75, 3.05) is 29.1 Å². The zero-order valence-electron chi connectivity index (χ0n) is 18.7.